The largest absolute Gasteiger partial charge is 0.490 e. The summed E-state index contributed by atoms with van der Waals surface area (Å²) < 4.78 is 12.7. The molecule has 0 unspecified atom stereocenters. The molecule has 2 aromatic rings. The molecule has 0 aromatic heterocycles. The predicted octanol–water partition coefficient (Wildman–Crippen LogP) is 5.39. The molecule has 1 fully saturated rings. The van der Waals surface area contributed by atoms with E-state index >= 15 is 0 Å². The smallest absolute Gasteiger partial charge is 0.276 e. The topological polar surface area (TPSA) is 50.8 Å². The number of thiocarbonyl (C=S) groups is 1. The number of hydrogen-bond acceptors (Lipinski definition) is 4. The van der Waals surface area contributed by atoms with Gasteiger partial charge in [-0.1, -0.05) is 30.7 Å². The van der Waals surface area contributed by atoms with Crippen molar-refractivity contribution in [2.75, 3.05) is 13.2 Å². The second kappa shape index (κ2) is 10.5. The van der Waals surface area contributed by atoms with Crippen LogP contribution in [-0.4, -0.2) is 29.1 Å². The molecule has 1 amide bonds. The summed E-state index contributed by atoms with van der Waals surface area (Å²) in [5, 5.41) is 4.11. The quantitative estimate of drug-likeness (QED) is 0.268. The Labute approximate surface area is 200 Å². The summed E-state index contributed by atoms with van der Waals surface area (Å²) in [7, 11) is 0. The fraction of sp³-hybridized carbons (Fsp3) is 0.273. The Morgan fingerprint density at radius 1 is 1.23 bits per heavy atom. The van der Waals surface area contributed by atoms with Crippen LogP contribution in [0.5, 0.6) is 11.5 Å². The van der Waals surface area contributed by atoms with Crippen molar-refractivity contribution in [1.29, 1.82) is 0 Å². The Morgan fingerprint density at radius 3 is 2.73 bits per heavy atom. The molecule has 1 heterocycles. The number of carbonyl (C=O) groups excluding carboxylic acids is 1. The summed E-state index contributed by atoms with van der Waals surface area (Å²) in [6.07, 6.45) is 2.63. The number of amides is 1. The maximum atomic E-state index is 12.6. The molecule has 1 aliphatic rings. The van der Waals surface area contributed by atoms with Crippen molar-refractivity contribution < 1.29 is 14.3 Å². The van der Waals surface area contributed by atoms with E-state index in [2.05, 4.69) is 27.9 Å². The van der Waals surface area contributed by atoms with Crippen molar-refractivity contribution >= 4 is 63.5 Å². The number of benzene rings is 2. The van der Waals surface area contributed by atoms with Crippen molar-refractivity contribution in [2.45, 2.75) is 26.9 Å². The van der Waals surface area contributed by atoms with Crippen LogP contribution in [0.3, 0.4) is 0 Å². The molecule has 1 aliphatic heterocycles. The van der Waals surface area contributed by atoms with E-state index < -0.39 is 0 Å². The molecule has 30 heavy (non-hydrogen) atoms. The first-order chi connectivity index (χ1) is 14.4. The fourth-order valence-corrected chi connectivity index (χ4v) is 4.30. The summed E-state index contributed by atoms with van der Waals surface area (Å²) >= 11 is 13.5. The van der Waals surface area contributed by atoms with Crippen LogP contribution >= 0.6 is 46.4 Å². The number of nitrogens with zero attached hydrogens (tertiary/aromatic N) is 1. The van der Waals surface area contributed by atoms with Gasteiger partial charge in [0.2, 0.25) is 0 Å². The fourth-order valence-electron chi connectivity index (χ4n) is 3.02. The van der Waals surface area contributed by atoms with E-state index in [0.717, 1.165) is 21.1 Å². The van der Waals surface area contributed by atoms with E-state index in [-0.39, 0.29) is 5.91 Å². The molecule has 0 saturated carbocycles. The number of rotatable bonds is 8. The Hall–Kier alpha value is -1.84. The average molecular weight is 557 g/mol. The van der Waals surface area contributed by atoms with Gasteiger partial charge in [-0.25, -0.2) is 0 Å². The van der Waals surface area contributed by atoms with Crippen LogP contribution in [0.2, 0.25) is 5.02 Å². The SMILES string of the molecule is CCCN1C(=O)/C(=C/c2cc(I)c(OCc3cccc(Cl)c3)c(OCC)c2)NC1=S. The van der Waals surface area contributed by atoms with Gasteiger partial charge in [-0.05, 0) is 89.6 Å². The first-order valence-electron chi connectivity index (χ1n) is 9.61. The van der Waals surface area contributed by atoms with Crippen LogP contribution in [0.15, 0.2) is 42.1 Å². The number of ether oxygens (including phenoxy) is 2. The van der Waals surface area contributed by atoms with Gasteiger partial charge >= 0.3 is 0 Å². The highest BCUT2D eigenvalue weighted by atomic mass is 127. The molecule has 3 rings (SSSR count). The maximum absolute atomic E-state index is 12.6. The molecule has 2 aromatic carbocycles. The molecular weight excluding hydrogens is 535 g/mol. The van der Waals surface area contributed by atoms with Gasteiger partial charge in [0.05, 0.1) is 10.2 Å². The predicted molar refractivity (Wildman–Crippen MR) is 132 cm³/mol. The monoisotopic (exact) mass is 556 g/mol. The molecule has 0 spiro atoms. The lowest BCUT2D eigenvalue weighted by molar-refractivity contribution is -0.122. The van der Waals surface area contributed by atoms with Crippen molar-refractivity contribution in [3.63, 3.8) is 0 Å². The zero-order valence-electron chi connectivity index (χ0n) is 16.7. The highest BCUT2D eigenvalue weighted by Gasteiger charge is 2.29. The lowest BCUT2D eigenvalue weighted by Gasteiger charge is -2.15. The lowest BCUT2D eigenvalue weighted by Crippen LogP contribution is -2.31. The van der Waals surface area contributed by atoms with E-state index in [1.54, 1.807) is 11.0 Å². The highest BCUT2D eigenvalue weighted by molar-refractivity contribution is 14.1. The summed E-state index contributed by atoms with van der Waals surface area (Å²) in [5.41, 5.74) is 2.26. The van der Waals surface area contributed by atoms with Gasteiger partial charge in [0.1, 0.15) is 12.3 Å². The average Bonchev–Trinajstić information content (AvgIpc) is 2.95. The Bertz CT molecular complexity index is 996. The molecular formula is C22H22ClIN2O3S. The minimum Gasteiger partial charge on any atom is -0.490 e. The summed E-state index contributed by atoms with van der Waals surface area (Å²) in [4.78, 5) is 14.2. The summed E-state index contributed by atoms with van der Waals surface area (Å²) in [6, 6.07) is 11.4. The van der Waals surface area contributed by atoms with Gasteiger partial charge in [-0.2, -0.15) is 0 Å². The lowest BCUT2D eigenvalue weighted by atomic mass is 10.1. The molecule has 0 radical (unpaired) electrons. The van der Waals surface area contributed by atoms with Gasteiger partial charge in [-0.3, -0.25) is 9.69 Å². The molecule has 1 saturated heterocycles. The Morgan fingerprint density at radius 2 is 2.03 bits per heavy atom. The summed E-state index contributed by atoms with van der Waals surface area (Å²) in [5.74, 6) is 1.17. The second-order valence-electron chi connectivity index (χ2n) is 6.63. The standard InChI is InChI=1S/C22H22ClIN2O3S/c1-3-8-26-21(27)18(25-22(26)30)11-15-10-17(24)20(19(12-15)28-4-2)29-13-14-6-5-7-16(23)9-14/h5-7,9-12H,3-4,8,13H2,1-2H3,(H,25,30)/b18-11-. The number of nitrogens with one attached hydrogen (secondary N) is 1. The van der Waals surface area contributed by atoms with Crippen molar-refractivity contribution in [3.05, 3.63) is 61.8 Å². The Balaban J connectivity index is 1.86. The first kappa shape index (κ1) is 22.8. The van der Waals surface area contributed by atoms with Crippen LogP contribution in [0, 0.1) is 3.57 Å². The molecule has 1 N–H and O–H groups in total. The van der Waals surface area contributed by atoms with E-state index in [9.17, 15) is 4.79 Å². The van der Waals surface area contributed by atoms with Gasteiger partial charge < -0.3 is 14.8 Å². The van der Waals surface area contributed by atoms with Gasteiger partial charge in [-0.15, -0.1) is 0 Å². The molecule has 0 atom stereocenters. The Kier molecular flexibility index (Phi) is 7.96. The van der Waals surface area contributed by atoms with Crippen molar-refractivity contribution in [3.8, 4) is 11.5 Å². The van der Waals surface area contributed by atoms with E-state index in [1.807, 2.05) is 50.2 Å². The number of carbonyl (C=O) groups is 1. The van der Waals surface area contributed by atoms with E-state index in [0.29, 0.717) is 47.1 Å². The molecule has 8 heteroatoms. The van der Waals surface area contributed by atoms with Crippen molar-refractivity contribution in [2.24, 2.45) is 0 Å². The van der Waals surface area contributed by atoms with Gasteiger partial charge in [0.25, 0.3) is 5.91 Å². The second-order valence-corrected chi connectivity index (χ2v) is 8.61. The third kappa shape index (κ3) is 5.44. The van der Waals surface area contributed by atoms with Crippen LogP contribution in [0.4, 0.5) is 0 Å². The zero-order chi connectivity index (χ0) is 21.7. The molecule has 0 bridgehead atoms. The number of hydrogen-bond donors (Lipinski definition) is 1. The van der Waals surface area contributed by atoms with Crippen LogP contribution in [0.25, 0.3) is 6.08 Å². The zero-order valence-corrected chi connectivity index (χ0v) is 20.4. The van der Waals surface area contributed by atoms with E-state index in [1.165, 1.54) is 0 Å². The third-order valence-electron chi connectivity index (χ3n) is 4.32. The number of halogens is 2. The minimum atomic E-state index is -0.115. The van der Waals surface area contributed by atoms with Gasteiger partial charge in [0, 0.05) is 11.6 Å². The molecule has 0 aliphatic carbocycles. The summed E-state index contributed by atoms with van der Waals surface area (Å²) in [6.45, 7) is 5.39. The highest BCUT2D eigenvalue weighted by Crippen LogP contribution is 2.36. The first-order valence-corrected chi connectivity index (χ1v) is 11.5. The minimum absolute atomic E-state index is 0.115. The van der Waals surface area contributed by atoms with Crippen LogP contribution < -0.4 is 14.8 Å². The maximum Gasteiger partial charge on any atom is 0.276 e. The molecule has 5 nitrogen and oxygen atoms in total. The van der Waals surface area contributed by atoms with Gasteiger partial charge in [0.15, 0.2) is 16.6 Å². The van der Waals surface area contributed by atoms with Crippen molar-refractivity contribution in [1.82, 2.24) is 10.2 Å². The van der Waals surface area contributed by atoms with Crippen LogP contribution in [-0.2, 0) is 11.4 Å². The normalized spacial score (nSPS) is 14.9. The third-order valence-corrected chi connectivity index (χ3v) is 5.68. The van der Waals surface area contributed by atoms with E-state index in [4.69, 9.17) is 33.3 Å². The van der Waals surface area contributed by atoms with Crippen LogP contribution in [0.1, 0.15) is 31.4 Å². The molecule has 158 valence electrons.